The molecular formula is C23H22ClN2O3-. The summed E-state index contributed by atoms with van der Waals surface area (Å²) in [6, 6.07) is 21.7. The van der Waals surface area contributed by atoms with Crippen LogP contribution in [0, 0.1) is 0 Å². The summed E-state index contributed by atoms with van der Waals surface area (Å²) in [5, 5.41) is 28.4. The van der Waals surface area contributed by atoms with Gasteiger partial charge in [-0.05, 0) is 52.6 Å². The number of carboxylic acids is 1. The van der Waals surface area contributed by atoms with Crippen LogP contribution in [0.4, 0.5) is 5.69 Å². The number of carbonyl (C=O) groups is 1. The highest BCUT2D eigenvalue weighted by Crippen LogP contribution is 2.23. The molecule has 0 aliphatic rings. The highest BCUT2D eigenvalue weighted by Gasteiger charge is 2.07. The molecule has 150 valence electrons. The van der Waals surface area contributed by atoms with E-state index in [0.717, 1.165) is 22.4 Å². The third-order valence-electron chi connectivity index (χ3n) is 4.50. The van der Waals surface area contributed by atoms with Crippen molar-refractivity contribution in [1.29, 1.82) is 0 Å². The van der Waals surface area contributed by atoms with Gasteiger partial charge in [0.15, 0.2) is 0 Å². The second-order valence-corrected chi connectivity index (χ2v) is 7.09. The van der Waals surface area contributed by atoms with E-state index in [9.17, 15) is 15.0 Å². The molecule has 3 N–H and O–H groups in total. The van der Waals surface area contributed by atoms with Gasteiger partial charge in [0.05, 0.1) is 12.1 Å². The summed E-state index contributed by atoms with van der Waals surface area (Å²) in [4.78, 5) is 11.1. The van der Waals surface area contributed by atoms with Crippen molar-refractivity contribution in [2.45, 2.75) is 6.10 Å². The van der Waals surface area contributed by atoms with E-state index in [2.05, 4.69) is 10.6 Å². The number of aliphatic hydroxyl groups is 1. The van der Waals surface area contributed by atoms with Crippen LogP contribution in [0.3, 0.4) is 0 Å². The zero-order valence-electron chi connectivity index (χ0n) is 15.8. The Balaban J connectivity index is 1.50. The van der Waals surface area contributed by atoms with Crippen molar-refractivity contribution < 1.29 is 15.0 Å². The summed E-state index contributed by atoms with van der Waals surface area (Å²) < 4.78 is 0. The number of halogens is 1. The third kappa shape index (κ3) is 6.06. The molecular weight excluding hydrogens is 388 g/mol. The van der Waals surface area contributed by atoms with Crippen LogP contribution in [0.15, 0.2) is 72.8 Å². The van der Waals surface area contributed by atoms with E-state index in [-0.39, 0.29) is 5.56 Å². The fraction of sp³-hybridized carbons (Fsp3) is 0.174. The Bertz CT molecular complexity index is 978. The third-order valence-corrected chi connectivity index (χ3v) is 4.73. The number of hydrogen-bond donors (Lipinski definition) is 3. The van der Waals surface area contributed by atoms with Gasteiger partial charge >= 0.3 is 0 Å². The van der Waals surface area contributed by atoms with Crippen LogP contribution in [0.25, 0.3) is 11.1 Å². The first-order chi connectivity index (χ1) is 14.0. The lowest BCUT2D eigenvalue weighted by Gasteiger charge is -2.13. The largest absolute Gasteiger partial charge is 0.545 e. The van der Waals surface area contributed by atoms with Gasteiger partial charge in [0.25, 0.3) is 0 Å². The van der Waals surface area contributed by atoms with E-state index in [4.69, 9.17) is 11.6 Å². The van der Waals surface area contributed by atoms with E-state index >= 15 is 0 Å². The van der Waals surface area contributed by atoms with Crippen LogP contribution in [0.1, 0.15) is 22.0 Å². The molecule has 0 saturated heterocycles. The molecule has 0 bridgehead atoms. The summed E-state index contributed by atoms with van der Waals surface area (Å²) >= 11 is 5.95. The lowest BCUT2D eigenvalue weighted by Crippen LogP contribution is -2.26. The monoisotopic (exact) mass is 409 g/mol. The molecule has 0 aliphatic carbocycles. The van der Waals surface area contributed by atoms with Crippen molar-refractivity contribution in [3.05, 3.63) is 88.9 Å². The molecule has 29 heavy (non-hydrogen) atoms. The smallest absolute Gasteiger partial charge is 0.0914 e. The van der Waals surface area contributed by atoms with Gasteiger partial charge in [0.2, 0.25) is 0 Å². The molecule has 0 unspecified atom stereocenters. The number of aliphatic hydroxyl groups excluding tert-OH is 1. The summed E-state index contributed by atoms with van der Waals surface area (Å²) in [6.07, 6.45) is -0.618. The number of hydrogen-bond acceptors (Lipinski definition) is 5. The molecule has 6 heteroatoms. The summed E-state index contributed by atoms with van der Waals surface area (Å²) in [5.41, 5.74) is 3.60. The average Bonchev–Trinajstić information content (AvgIpc) is 2.73. The van der Waals surface area contributed by atoms with Crippen LogP contribution in [-0.4, -0.2) is 30.7 Å². The van der Waals surface area contributed by atoms with E-state index < -0.39 is 12.1 Å². The molecule has 0 spiro atoms. The Morgan fingerprint density at radius 2 is 1.69 bits per heavy atom. The van der Waals surface area contributed by atoms with Crippen LogP contribution < -0.4 is 15.7 Å². The van der Waals surface area contributed by atoms with Gasteiger partial charge in [-0.15, -0.1) is 0 Å². The highest BCUT2D eigenvalue weighted by atomic mass is 35.5. The maximum atomic E-state index is 11.1. The predicted octanol–water partition coefficient (Wildman–Crippen LogP) is 3.11. The van der Waals surface area contributed by atoms with Gasteiger partial charge in [-0.3, -0.25) is 0 Å². The lowest BCUT2D eigenvalue weighted by molar-refractivity contribution is -0.255. The van der Waals surface area contributed by atoms with E-state index in [0.29, 0.717) is 24.7 Å². The van der Waals surface area contributed by atoms with Crippen LogP contribution in [0.5, 0.6) is 0 Å². The zero-order chi connectivity index (χ0) is 20.6. The standard InChI is InChI=1S/C23H23ClN2O3/c24-20-8-2-6-18(13-20)22(27)15-25-10-11-26-21-9-3-5-17(14-21)16-4-1-7-19(12-16)23(28)29/h1-9,12-14,22,25-27H,10-11,15H2,(H,28,29)/p-1/t22-/m0/s1. The molecule has 0 aromatic heterocycles. The molecule has 0 fully saturated rings. The van der Waals surface area contributed by atoms with E-state index in [1.54, 1.807) is 24.3 Å². The number of nitrogens with one attached hydrogen (secondary N) is 2. The topological polar surface area (TPSA) is 84.4 Å². The first-order valence-corrected chi connectivity index (χ1v) is 9.71. The number of benzene rings is 3. The maximum absolute atomic E-state index is 11.1. The van der Waals surface area contributed by atoms with Crippen molar-refractivity contribution in [2.24, 2.45) is 0 Å². The van der Waals surface area contributed by atoms with Gasteiger partial charge in [0, 0.05) is 30.3 Å². The van der Waals surface area contributed by atoms with Crippen molar-refractivity contribution in [3.63, 3.8) is 0 Å². The first-order valence-electron chi connectivity index (χ1n) is 9.33. The van der Waals surface area contributed by atoms with Crippen molar-refractivity contribution >= 4 is 23.3 Å². The minimum absolute atomic E-state index is 0.156. The molecule has 0 amide bonds. The Morgan fingerprint density at radius 3 is 2.45 bits per heavy atom. The fourth-order valence-corrected chi connectivity index (χ4v) is 3.20. The first kappa shape index (κ1) is 20.9. The molecule has 0 saturated carbocycles. The Morgan fingerprint density at radius 1 is 0.966 bits per heavy atom. The van der Waals surface area contributed by atoms with Crippen LogP contribution in [-0.2, 0) is 0 Å². The second-order valence-electron chi connectivity index (χ2n) is 6.65. The van der Waals surface area contributed by atoms with Gasteiger partial charge in [-0.1, -0.05) is 54.1 Å². The van der Waals surface area contributed by atoms with Gasteiger partial charge < -0.3 is 25.6 Å². The lowest BCUT2D eigenvalue weighted by atomic mass is 10.0. The van der Waals surface area contributed by atoms with Crippen LogP contribution in [0.2, 0.25) is 5.02 Å². The van der Waals surface area contributed by atoms with Crippen LogP contribution >= 0.6 is 11.6 Å². The Labute approximate surface area is 175 Å². The highest BCUT2D eigenvalue weighted by molar-refractivity contribution is 6.30. The van der Waals surface area contributed by atoms with Crippen molar-refractivity contribution in [2.75, 3.05) is 25.0 Å². The Kier molecular flexibility index (Phi) is 7.25. The molecule has 1 atom stereocenters. The fourth-order valence-electron chi connectivity index (χ4n) is 3.00. The molecule has 3 rings (SSSR count). The molecule has 5 nitrogen and oxygen atoms in total. The van der Waals surface area contributed by atoms with Gasteiger partial charge in [-0.2, -0.15) is 0 Å². The molecule has 0 radical (unpaired) electrons. The number of carboxylic acid groups (broad SMARTS) is 1. The molecule has 0 heterocycles. The summed E-state index contributed by atoms with van der Waals surface area (Å²) in [5.74, 6) is -1.19. The molecule has 3 aromatic rings. The average molecular weight is 410 g/mol. The van der Waals surface area contributed by atoms with E-state index in [1.807, 2.05) is 42.5 Å². The molecule has 0 aliphatic heterocycles. The maximum Gasteiger partial charge on any atom is 0.0914 e. The normalized spacial score (nSPS) is 11.8. The van der Waals surface area contributed by atoms with E-state index in [1.165, 1.54) is 6.07 Å². The van der Waals surface area contributed by atoms with Gasteiger partial charge in [0.1, 0.15) is 0 Å². The molecule has 3 aromatic carbocycles. The zero-order valence-corrected chi connectivity index (χ0v) is 16.5. The summed E-state index contributed by atoms with van der Waals surface area (Å²) in [6.45, 7) is 1.77. The number of aromatic carboxylic acids is 1. The minimum Gasteiger partial charge on any atom is -0.545 e. The quantitative estimate of drug-likeness (QED) is 0.473. The second kappa shape index (κ2) is 10.1. The van der Waals surface area contributed by atoms with Gasteiger partial charge in [-0.25, -0.2) is 0 Å². The summed E-state index contributed by atoms with van der Waals surface area (Å²) in [7, 11) is 0. The van der Waals surface area contributed by atoms with Crippen molar-refractivity contribution in [1.82, 2.24) is 5.32 Å². The predicted molar refractivity (Wildman–Crippen MR) is 114 cm³/mol. The number of anilines is 1. The Hall–Kier alpha value is -2.86. The number of rotatable bonds is 9. The number of carbonyl (C=O) groups excluding carboxylic acids is 1. The van der Waals surface area contributed by atoms with Crippen molar-refractivity contribution in [3.8, 4) is 11.1 Å². The minimum atomic E-state index is -1.19. The SMILES string of the molecule is O=C([O-])c1cccc(-c2cccc(NCCNC[C@H](O)c3cccc(Cl)c3)c2)c1.